The van der Waals surface area contributed by atoms with E-state index in [1.165, 1.54) is 0 Å². The predicted molar refractivity (Wildman–Crippen MR) is 113 cm³/mol. The molecule has 0 amide bonds. The van der Waals surface area contributed by atoms with Crippen molar-refractivity contribution in [1.29, 1.82) is 0 Å². The van der Waals surface area contributed by atoms with Gasteiger partial charge in [0.25, 0.3) is 0 Å². The second-order valence-electron chi connectivity index (χ2n) is 8.30. The quantitative estimate of drug-likeness (QED) is 0.688. The molecular weight excluding hydrogens is 402 g/mol. The molecule has 3 aliphatic rings. The minimum Gasteiger partial charge on any atom is -0.477 e. The Labute approximate surface area is 176 Å². The molecule has 6 nitrogen and oxygen atoms in total. The maximum Gasteiger partial charge on any atom is 0.231 e. The fourth-order valence-electron chi connectivity index (χ4n) is 4.47. The minimum atomic E-state index is -2.97. The van der Waals surface area contributed by atoms with Crippen LogP contribution in [0.4, 0.5) is 0 Å². The Bertz CT molecular complexity index is 1200. The summed E-state index contributed by atoms with van der Waals surface area (Å²) in [6.45, 7) is 4.81. The van der Waals surface area contributed by atoms with E-state index in [1.807, 2.05) is 49.1 Å². The van der Waals surface area contributed by atoms with Crippen LogP contribution < -0.4 is 9.47 Å². The van der Waals surface area contributed by atoms with Crippen LogP contribution in [0.25, 0.3) is 6.08 Å². The summed E-state index contributed by atoms with van der Waals surface area (Å²) in [5, 5.41) is 0. The van der Waals surface area contributed by atoms with E-state index in [-0.39, 0.29) is 23.3 Å². The topological polar surface area (TPSA) is 72.9 Å². The van der Waals surface area contributed by atoms with E-state index >= 15 is 0 Å². The van der Waals surface area contributed by atoms with Crippen LogP contribution in [0.5, 0.6) is 11.5 Å². The van der Waals surface area contributed by atoms with Gasteiger partial charge < -0.3 is 9.47 Å². The summed E-state index contributed by atoms with van der Waals surface area (Å²) in [7, 11) is -2.97. The Morgan fingerprint density at radius 3 is 2.73 bits per heavy atom. The normalized spacial score (nSPS) is 23.7. The van der Waals surface area contributed by atoms with Gasteiger partial charge in [0.05, 0.1) is 17.1 Å². The number of benzene rings is 2. The fraction of sp³-hybridized carbons (Fsp3) is 0.348. The molecule has 1 atom stereocenters. The number of ether oxygens (including phenoxy) is 2. The van der Waals surface area contributed by atoms with Crippen LogP contribution in [-0.4, -0.2) is 43.4 Å². The van der Waals surface area contributed by atoms with Crippen molar-refractivity contribution in [3.63, 3.8) is 0 Å². The zero-order valence-electron chi connectivity index (χ0n) is 17.0. The molecule has 1 fully saturated rings. The third-order valence-electron chi connectivity index (χ3n) is 6.03. The average Bonchev–Trinajstić information content (AvgIpc) is 3.22. The molecule has 2 aromatic carbocycles. The Morgan fingerprint density at radius 2 is 2.00 bits per heavy atom. The van der Waals surface area contributed by atoms with Gasteiger partial charge in [0.15, 0.2) is 15.6 Å². The number of carbonyl (C=O) groups excluding carboxylic acids is 1. The predicted octanol–water partition coefficient (Wildman–Crippen LogP) is 3.26. The monoisotopic (exact) mass is 425 g/mol. The number of hydrogen-bond donors (Lipinski definition) is 0. The van der Waals surface area contributed by atoms with Gasteiger partial charge in [-0.25, -0.2) is 8.42 Å². The molecule has 3 aliphatic heterocycles. The Hall–Kier alpha value is -2.64. The first-order valence-corrected chi connectivity index (χ1v) is 11.9. The number of aryl methyl sites for hydroxylation is 1. The lowest BCUT2D eigenvalue weighted by molar-refractivity contribution is 0.0637. The number of sulfone groups is 1. The number of fused-ring (bicyclic) bond motifs is 2. The maximum atomic E-state index is 13.0. The fourth-order valence-corrected chi connectivity index (χ4v) is 6.24. The molecule has 2 aromatic rings. The Balaban J connectivity index is 1.45. The maximum absolute atomic E-state index is 13.0. The number of nitrogens with zero attached hydrogens (tertiary/aromatic N) is 1. The lowest BCUT2D eigenvalue weighted by Crippen LogP contribution is -2.41. The number of ketones is 1. The van der Waals surface area contributed by atoms with E-state index in [1.54, 1.807) is 6.08 Å². The van der Waals surface area contributed by atoms with Gasteiger partial charge in [-0.2, -0.15) is 0 Å². The molecule has 0 aliphatic carbocycles. The van der Waals surface area contributed by atoms with E-state index in [4.69, 9.17) is 9.47 Å². The molecule has 1 saturated heterocycles. The molecule has 1 unspecified atom stereocenters. The Morgan fingerprint density at radius 1 is 1.17 bits per heavy atom. The first kappa shape index (κ1) is 19.3. The molecule has 5 rings (SSSR count). The van der Waals surface area contributed by atoms with Gasteiger partial charge >= 0.3 is 0 Å². The summed E-state index contributed by atoms with van der Waals surface area (Å²) in [4.78, 5) is 15.1. The summed E-state index contributed by atoms with van der Waals surface area (Å²) in [5.41, 5.74) is 4.27. The second-order valence-corrected chi connectivity index (χ2v) is 10.5. The van der Waals surface area contributed by atoms with Crippen LogP contribution in [0, 0.1) is 13.8 Å². The van der Waals surface area contributed by atoms with E-state index in [9.17, 15) is 13.2 Å². The largest absolute Gasteiger partial charge is 0.477 e. The lowest BCUT2D eigenvalue weighted by atomic mass is 9.99. The highest BCUT2D eigenvalue weighted by molar-refractivity contribution is 7.91. The minimum absolute atomic E-state index is 0.0413. The van der Waals surface area contributed by atoms with Gasteiger partial charge in [-0.15, -0.1) is 0 Å². The molecule has 156 valence electrons. The molecule has 0 bridgehead atoms. The van der Waals surface area contributed by atoms with Gasteiger partial charge in [-0.1, -0.05) is 29.8 Å². The molecule has 0 saturated carbocycles. The Kier molecular flexibility index (Phi) is 4.48. The number of hydrogen-bond acceptors (Lipinski definition) is 6. The van der Waals surface area contributed by atoms with Crippen LogP contribution in [0.3, 0.4) is 0 Å². The van der Waals surface area contributed by atoms with Gasteiger partial charge in [0.1, 0.15) is 18.2 Å². The molecule has 0 aromatic heterocycles. The summed E-state index contributed by atoms with van der Waals surface area (Å²) in [5.74, 6) is 1.84. The van der Waals surface area contributed by atoms with Crippen molar-refractivity contribution in [2.24, 2.45) is 0 Å². The van der Waals surface area contributed by atoms with Crippen molar-refractivity contribution in [2.45, 2.75) is 32.9 Å². The van der Waals surface area contributed by atoms with E-state index in [0.717, 1.165) is 28.0 Å². The number of rotatable bonds is 2. The summed E-state index contributed by atoms with van der Waals surface area (Å²) < 4.78 is 35.7. The van der Waals surface area contributed by atoms with Crippen LogP contribution in [0.15, 0.2) is 36.1 Å². The number of allylic oxidation sites excluding steroid dienone is 1. The summed E-state index contributed by atoms with van der Waals surface area (Å²) in [6, 6.07) is 9.69. The molecule has 30 heavy (non-hydrogen) atoms. The SMILES string of the molecule is Cc1cccc(/C=C2\Oc3c(cc4c(c3C)OCN(C3CCS(=O)(=O)C3)C4)C2=O)c1. The highest BCUT2D eigenvalue weighted by atomic mass is 32.2. The average molecular weight is 426 g/mol. The number of carbonyl (C=O) groups is 1. The number of Topliss-reactive ketones (excluding diaryl/α,β-unsaturated/α-hetero) is 1. The molecule has 0 spiro atoms. The van der Waals surface area contributed by atoms with Crippen LogP contribution in [0.1, 0.15) is 39.0 Å². The van der Waals surface area contributed by atoms with Crippen molar-refractivity contribution in [3.8, 4) is 11.5 Å². The van der Waals surface area contributed by atoms with Crippen molar-refractivity contribution in [1.82, 2.24) is 4.90 Å². The van der Waals surface area contributed by atoms with Crippen molar-refractivity contribution in [3.05, 3.63) is 63.9 Å². The van der Waals surface area contributed by atoms with Crippen LogP contribution in [0.2, 0.25) is 0 Å². The second kappa shape index (κ2) is 6.96. The highest BCUT2D eigenvalue weighted by Crippen LogP contribution is 2.43. The van der Waals surface area contributed by atoms with E-state index in [0.29, 0.717) is 36.8 Å². The summed E-state index contributed by atoms with van der Waals surface area (Å²) in [6.07, 6.45) is 2.39. The molecule has 3 heterocycles. The van der Waals surface area contributed by atoms with Gasteiger partial charge in [0.2, 0.25) is 5.78 Å². The zero-order valence-corrected chi connectivity index (χ0v) is 17.8. The highest BCUT2D eigenvalue weighted by Gasteiger charge is 2.37. The van der Waals surface area contributed by atoms with Crippen LogP contribution >= 0.6 is 0 Å². The van der Waals surface area contributed by atoms with Gasteiger partial charge in [0, 0.05) is 23.7 Å². The van der Waals surface area contributed by atoms with Crippen LogP contribution in [-0.2, 0) is 16.4 Å². The van der Waals surface area contributed by atoms with Crippen molar-refractivity contribution >= 4 is 21.7 Å². The molecule has 0 radical (unpaired) electrons. The summed E-state index contributed by atoms with van der Waals surface area (Å²) >= 11 is 0. The smallest absolute Gasteiger partial charge is 0.231 e. The van der Waals surface area contributed by atoms with Gasteiger partial charge in [-0.05, 0) is 38.0 Å². The molecular formula is C23H23NO5S. The van der Waals surface area contributed by atoms with Gasteiger partial charge in [-0.3, -0.25) is 9.69 Å². The van der Waals surface area contributed by atoms with E-state index in [2.05, 4.69) is 0 Å². The molecule has 0 N–H and O–H groups in total. The lowest BCUT2D eigenvalue weighted by Gasteiger charge is -2.33. The third-order valence-corrected chi connectivity index (χ3v) is 7.78. The third kappa shape index (κ3) is 3.32. The van der Waals surface area contributed by atoms with E-state index < -0.39 is 9.84 Å². The first-order valence-electron chi connectivity index (χ1n) is 10.1. The first-order chi connectivity index (χ1) is 14.3. The van der Waals surface area contributed by atoms with Crippen molar-refractivity contribution < 1.29 is 22.7 Å². The standard InChI is InChI=1S/C23H23NO5S/c1-14-4-3-5-16(8-14)9-20-21(25)19-10-17-11-24(18-6-7-30(26,27)12-18)13-28-22(17)15(2)23(19)29-20/h3-5,8-10,18H,6-7,11-13H2,1-2H3/b20-9-. The zero-order chi connectivity index (χ0) is 21.0. The van der Waals surface area contributed by atoms with Crippen molar-refractivity contribution in [2.75, 3.05) is 18.2 Å². The molecule has 7 heteroatoms.